The molecule has 0 heterocycles. The van der Waals surface area contributed by atoms with Gasteiger partial charge in [-0.2, -0.15) is 0 Å². The first kappa shape index (κ1) is 6.80. The van der Waals surface area contributed by atoms with Crippen LogP contribution in [0, 0.1) is 5.82 Å². The van der Waals surface area contributed by atoms with Gasteiger partial charge in [0.1, 0.15) is 5.82 Å². The van der Waals surface area contributed by atoms with Gasteiger partial charge < -0.3 is 5.11 Å². The Labute approximate surface area is 64.5 Å². The molecule has 1 aromatic rings. The smallest absolute Gasteiger partial charge is 0.126 e. The van der Waals surface area contributed by atoms with E-state index in [1.807, 2.05) is 0 Å². The van der Waals surface area contributed by atoms with Gasteiger partial charge in [0.25, 0.3) is 0 Å². The van der Waals surface area contributed by atoms with E-state index >= 15 is 0 Å². The molecule has 0 radical (unpaired) electrons. The molecule has 1 aliphatic carbocycles. The topological polar surface area (TPSA) is 20.2 Å². The highest BCUT2D eigenvalue weighted by Gasteiger charge is 2.22. The number of aliphatic hydroxyl groups is 1. The SMILES string of the molecule is O[C@H]1CCc2c(F)cccc21. The second-order valence-corrected chi connectivity index (χ2v) is 2.86. The van der Waals surface area contributed by atoms with E-state index in [4.69, 9.17) is 0 Å². The largest absolute Gasteiger partial charge is 0.388 e. The van der Waals surface area contributed by atoms with Gasteiger partial charge in [0, 0.05) is 0 Å². The Morgan fingerprint density at radius 2 is 2.27 bits per heavy atom. The Bertz CT molecular complexity index is 283. The predicted octanol–water partition coefficient (Wildman–Crippen LogP) is 1.81. The molecule has 0 aliphatic heterocycles. The van der Waals surface area contributed by atoms with E-state index in [2.05, 4.69) is 0 Å². The Hall–Kier alpha value is -0.890. The second kappa shape index (κ2) is 2.31. The zero-order valence-electron chi connectivity index (χ0n) is 6.05. The van der Waals surface area contributed by atoms with Crippen molar-refractivity contribution in [3.8, 4) is 0 Å². The minimum absolute atomic E-state index is 0.181. The maximum absolute atomic E-state index is 13.0. The highest BCUT2D eigenvalue weighted by atomic mass is 19.1. The fraction of sp³-hybridized carbons (Fsp3) is 0.333. The molecule has 2 heteroatoms. The average Bonchev–Trinajstić information content (AvgIpc) is 2.35. The lowest BCUT2D eigenvalue weighted by Crippen LogP contribution is -1.90. The van der Waals surface area contributed by atoms with Crippen LogP contribution in [0.3, 0.4) is 0 Å². The van der Waals surface area contributed by atoms with Crippen molar-refractivity contribution in [2.75, 3.05) is 0 Å². The van der Waals surface area contributed by atoms with Gasteiger partial charge in [0.15, 0.2) is 0 Å². The Morgan fingerprint density at radius 1 is 1.45 bits per heavy atom. The van der Waals surface area contributed by atoms with Gasteiger partial charge in [-0.1, -0.05) is 12.1 Å². The van der Waals surface area contributed by atoms with Crippen LogP contribution in [0.1, 0.15) is 23.7 Å². The van der Waals surface area contributed by atoms with Gasteiger partial charge in [-0.25, -0.2) is 4.39 Å². The zero-order chi connectivity index (χ0) is 7.84. The molecule has 2 rings (SSSR count). The van der Waals surface area contributed by atoms with Gasteiger partial charge in [-0.3, -0.25) is 0 Å². The number of rotatable bonds is 0. The van der Waals surface area contributed by atoms with E-state index in [0.717, 1.165) is 5.56 Å². The normalized spacial score (nSPS) is 21.8. The molecule has 1 N–H and O–H groups in total. The molecule has 1 nitrogen and oxygen atoms in total. The molecule has 0 saturated heterocycles. The summed E-state index contributed by atoms with van der Waals surface area (Å²) < 4.78 is 13.0. The molecule has 58 valence electrons. The minimum Gasteiger partial charge on any atom is -0.388 e. The molecule has 0 fully saturated rings. The number of aliphatic hydroxyl groups excluding tert-OH is 1. The third-order valence-corrected chi connectivity index (χ3v) is 2.18. The van der Waals surface area contributed by atoms with Crippen LogP contribution >= 0.6 is 0 Å². The molecule has 1 atom stereocenters. The van der Waals surface area contributed by atoms with Crippen LogP contribution in [-0.2, 0) is 6.42 Å². The molecule has 0 unspecified atom stereocenters. The molecular weight excluding hydrogens is 143 g/mol. The van der Waals surface area contributed by atoms with Crippen molar-refractivity contribution in [2.24, 2.45) is 0 Å². The zero-order valence-corrected chi connectivity index (χ0v) is 6.05. The first-order valence-electron chi connectivity index (χ1n) is 3.74. The van der Waals surface area contributed by atoms with Crippen LogP contribution in [0.4, 0.5) is 4.39 Å². The molecule has 0 amide bonds. The Kier molecular flexibility index (Phi) is 1.43. The van der Waals surface area contributed by atoms with E-state index < -0.39 is 6.10 Å². The maximum atomic E-state index is 13.0. The number of fused-ring (bicyclic) bond motifs is 1. The lowest BCUT2D eigenvalue weighted by atomic mass is 10.1. The minimum atomic E-state index is -0.444. The summed E-state index contributed by atoms with van der Waals surface area (Å²) in [7, 11) is 0. The van der Waals surface area contributed by atoms with Crippen LogP contribution in [0.15, 0.2) is 18.2 Å². The van der Waals surface area contributed by atoms with Crippen molar-refractivity contribution in [2.45, 2.75) is 18.9 Å². The summed E-state index contributed by atoms with van der Waals surface area (Å²) in [6.07, 6.45) is 0.889. The van der Waals surface area contributed by atoms with Gasteiger partial charge in [0.05, 0.1) is 6.10 Å². The van der Waals surface area contributed by atoms with Crippen molar-refractivity contribution in [1.29, 1.82) is 0 Å². The molecular formula is C9H9FO. The molecule has 0 bridgehead atoms. The monoisotopic (exact) mass is 152 g/mol. The van der Waals surface area contributed by atoms with Crippen LogP contribution in [-0.4, -0.2) is 5.11 Å². The van der Waals surface area contributed by atoms with Crippen molar-refractivity contribution in [3.05, 3.63) is 35.1 Å². The quantitative estimate of drug-likeness (QED) is 0.601. The van der Waals surface area contributed by atoms with E-state index in [1.54, 1.807) is 12.1 Å². The Balaban J connectivity index is 2.57. The standard InChI is InChI=1S/C9H9FO/c10-8-3-1-2-7-6(8)4-5-9(7)11/h1-3,9,11H,4-5H2/t9-/m0/s1. The fourth-order valence-electron chi connectivity index (χ4n) is 1.59. The summed E-state index contributed by atoms with van der Waals surface area (Å²) in [6.45, 7) is 0. The van der Waals surface area contributed by atoms with E-state index in [0.29, 0.717) is 18.4 Å². The first-order chi connectivity index (χ1) is 5.29. The van der Waals surface area contributed by atoms with Crippen molar-refractivity contribution < 1.29 is 9.50 Å². The first-order valence-corrected chi connectivity index (χ1v) is 3.74. The highest BCUT2D eigenvalue weighted by molar-refractivity contribution is 5.34. The van der Waals surface area contributed by atoms with Crippen LogP contribution in [0.5, 0.6) is 0 Å². The molecule has 0 saturated carbocycles. The third-order valence-electron chi connectivity index (χ3n) is 2.18. The molecule has 0 spiro atoms. The summed E-state index contributed by atoms with van der Waals surface area (Å²) in [5.41, 5.74) is 1.46. The number of hydrogen-bond acceptors (Lipinski definition) is 1. The Morgan fingerprint density at radius 3 is 3.00 bits per heavy atom. The van der Waals surface area contributed by atoms with Gasteiger partial charge in [-0.05, 0) is 30.0 Å². The summed E-state index contributed by atoms with van der Waals surface area (Å²) in [5, 5.41) is 9.34. The summed E-state index contributed by atoms with van der Waals surface area (Å²) in [4.78, 5) is 0. The number of benzene rings is 1. The van der Waals surface area contributed by atoms with Gasteiger partial charge in [0.2, 0.25) is 0 Å². The van der Waals surface area contributed by atoms with E-state index in [-0.39, 0.29) is 5.82 Å². The van der Waals surface area contributed by atoms with Gasteiger partial charge in [-0.15, -0.1) is 0 Å². The molecule has 1 aromatic carbocycles. The highest BCUT2D eigenvalue weighted by Crippen LogP contribution is 2.31. The fourth-order valence-corrected chi connectivity index (χ4v) is 1.59. The lowest BCUT2D eigenvalue weighted by molar-refractivity contribution is 0.180. The second-order valence-electron chi connectivity index (χ2n) is 2.86. The third kappa shape index (κ3) is 0.942. The molecule has 11 heavy (non-hydrogen) atoms. The van der Waals surface area contributed by atoms with Crippen LogP contribution in [0.25, 0.3) is 0 Å². The predicted molar refractivity (Wildman–Crippen MR) is 39.7 cm³/mol. The van der Waals surface area contributed by atoms with Crippen LogP contribution in [0.2, 0.25) is 0 Å². The summed E-state index contributed by atoms with van der Waals surface area (Å²) in [6, 6.07) is 4.87. The number of halogens is 1. The van der Waals surface area contributed by atoms with Crippen molar-refractivity contribution >= 4 is 0 Å². The molecule has 0 aromatic heterocycles. The van der Waals surface area contributed by atoms with E-state index in [9.17, 15) is 9.50 Å². The van der Waals surface area contributed by atoms with Crippen molar-refractivity contribution in [3.63, 3.8) is 0 Å². The summed E-state index contributed by atoms with van der Waals surface area (Å²) in [5.74, 6) is -0.181. The average molecular weight is 152 g/mol. The van der Waals surface area contributed by atoms with Gasteiger partial charge >= 0.3 is 0 Å². The van der Waals surface area contributed by atoms with E-state index in [1.165, 1.54) is 6.07 Å². The molecule has 1 aliphatic rings. The lowest BCUT2D eigenvalue weighted by Gasteiger charge is -2.02. The summed E-state index contributed by atoms with van der Waals surface area (Å²) >= 11 is 0. The number of hydrogen-bond donors (Lipinski definition) is 1. The van der Waals surface area contributed by atoms with Crippen LogP contribution < -0.4 is 0 Å². The van der Waals surface area contributed by atoms with Crippen molar-refractivity contribution in [1.82, 2.24) is 0 Å². The maximum Gasteiger partial charge on any atom is 0.126 e.